The van der Waals surface area contributed by atoms with E-state index in [0.29, 0.717) is 11.1 Å². The van der Waals surface area contributed by atoms with Crippen molar-refractivity contribution in [2.45, 2.75) is 24.9 Å². The van der Waals surface area contributed by atoms with Gasteiger partial charge in [-0.25, -0.2) is 13.2 Å². The highest BCUT2D eigenvalue weighted by atomic mass is 32.2. The highest BCUT2D eigenvalue weighted by Crippen LogP contribution is 2.24. The molecule has 1 N–H and O–H groups in total. The van der Waals surface area contributed by atoms with Crippen LogP contribution in [0.15, 0.2) is 24.3 Å². The van der Waals surface area contributed by atoms with Crippen molar-refractivity contribution in [2.75, 3.05) is 0 Å². The molecule has 1 heterocycles. The van der Waals surface area contributed by atoms with Crippen LogP contribution in [-0.2, 0) is 22.6 Å². The lowest BCUT2D eigenvalue weighted by Gasteiger charge is -2.08. The van der Waals surface area contributed by atoms with Crippen LogP contribution in [0.5, 0.6) is 0 Å². The van der Waals surface area contributed by atoms with Crippen LogP contribution < -0.4 is 0 Å². The molecule has 0 saturated carbocycles. The molecular weight excluding hydrogens is 278 g/mol. The van der Waals surface area contributed by atoms with Gasteiger partial charge in [-0.1, -0.05) is 6.07 Å². The number of hydrogen-bond donors (Lipinski definition) is 1. The van der Waals surface area contributed by atoms with Gasteiger partial charge < -0.3 is 9.67 Å². The van der Waals surface area contributed by atoms with Crippen LogP contribution in [0.25, 0.3) is 10.9 Å². The molecule has 20 heavy (non-hydrogen) atoms. The maximum atomic E-state index is 12.0. The summed E-state index contributed by atoms with van der Waals surface area (Å²) in [6.07, 6.45) is 0. The molecule has 0 saturated heterocycles. The fourth-order valence-electron chi connectivity index (χ4n) is 2.11. The zero-order chi connectivity index (χ0) is 15.1. The zero-order valence-electron chi connectivity index (χ0n) is 11.6. The van der Waals surface area contributed by atoms with E-state index < -0.39 is 21.1 Å². The van der Waals surface area contributed by atoms with Gasteiger partial charge in [0.1, 0.15) is 0 Å². The minimum atomic E-state index is -3.22. The summed E-state index contributed by atoms with van der Waals surface area (Å²) in [7, 11) is -1.47. The number of rotatable bonds is 4. The Morgan fingerprint density at radius 3 is 2.55 bits per heavy atom. The van der Waals surface area contributed by atoms with E-state index in [9.17, 15) is 18.3 Å². The van der Waals surface area contributed by atoms with Gasteiger partial charge in [-0.15, -0.1) is 0 Å². The molecule has 0 bridgehead atoms. The van der Waals surface area contributed by atoms with Gasteiger partial charge in [0.15, 0.2) is 9.84 Å². The van der Waals surface area contributed by atoms with Crippen molar-refractivity contribution in [2.24, 2.45) is 7.05 Å². The second kappa shape index (κ2) is 4.94. The molecule has 0 spiro atoms. The molecule has 0 aliphatic rings. The van der Waals surface area contributed by atoms with E-state index in [0.717, 1.165) is 5.52 Å². The highest BCUT2D eigenvalue weighted by molar-refractivity contribution is 7.91. The first-order chi connectivity index (χ1) is 9.24. The summed E-state index contributed by atoms with van der Waals surface area (Å²) in [5, 5.41) is 9.28. The predicted octanol–water partition coefficient (Wildman–Crippen LogP) is 2.20. The number of hydrogen-bond acceptors (Lipinski definition) is 3. The summed E-state index contributed by atoms with van der Waals surface area (Å²) in [6, 6.07) is 6.61. The second-order valence-electron chi connectivity index (χ2n) is 5.09. The summed E-state index contributed by atoms with van der Waals surface area (Å²) in [5.74, 6) is -1.10. The third-order valence-electron chi connectivity index (χ3n) is 3.48. The number of carboxylic acids is 1. The fraction of sp³-hybridized carbons (Fsp3) is 0.357. The molecule has 108 valence electrons. The van der Waals surface area contributed by atoms with Gasteiger partial charge in [-0.3, -0.25) is 0 Å². The summed E-state index contributed by atoms with van der Waals surface area (Å²) in [6.45, 7) is 3.28. The van der Waals surface area contributed by atoms with E-state index in [-0.39, 0.29) is 11.3 Å². The average Bonchev–Trinajstić information content (AvgIpc) is 2.65. The van der Waals surface area contributed by atoms with Gasteiger partial charge in [-0.2, -0.15) is 0 Å². The minimum absolute atomic E-state index is 0.0884. The lowest BCUT2D eigenvalue weighted by molar-refractivity contribution is 0.0699. The molecule has 0 atom stereocenters. The standard InChI is InChI=1S/C14H17NO4S/c1-9(2)20(18,19)8-10-7-12-11(14(16)17)5-4-6-13(12)15(10)3/h4-7,9H,8H2,1-3H3,(H,16,17). The molecule has 0 radical (unpaired) electrons. The second-order valence-corrected chi connectivity index (χ2v) is 7.65. The van der Waals surface area contributed by atoms with Gasteiger partial charge in [0, 0.05) is 23.6 Å². The first kappa shape index (κ1) is 14.6. The van der Waals surface area contributed by atoms with Crippen molar-refractivity contribution >= 4 is 26.7 Å². The first-order valence-electron chi connectivity index (χ1n) is 6.26. The van der Waals surface area contributed by atoms with Crippen LogP contribution in [0.1, 0.15) is 29.9 Å². The molecule has 0 fully saturated rings. The fourth-order valence-corrected chi connectivity index (χ4v) is 3.14. The average molecular weight is 295 g/mol. The van der Waals surface area contributed by atoms with E-state index in [2.05, 4.69) is 0 Å². The quantitative estimate of drug-likeness (QED) is 0.938. The molecule has 0 aliphatic carbocycles. The third kappa shape index (κ3) is 2.43. The predicted molar refractivity (Wildman–Crippen MR) is 77.6 cm³/mol. The number of nitrogens with zero attached hydrogens (tertiary/aromatic N) is 1. The molecule has 1 aromatic heterocycles. The minimum Gasteiger partial charge on any atom is -0.478 e. The van der Waals surface area contributed by atoms with Crippen LogP contribution in [0.4, 0.5) is 0 Å². The molecule has 5 nitrogen and oxygen atoms in total. The summed E-state index contributed by atoms with van der Waals surface area (Å²) < 4.78 is 25.8. The molecular formula is C14H17NO4S. The van der Waals surface area contributed by atoms with Crippen LogP contribution >= 0.6 is 0 Å². The van der Waals surface area contributed by atoms with E-state index in [1.54, 1.807) is 43.7 Å². The van der Waals surface area contributed by atoms with Gasteiger partial charge in [-0.05, 0) is 32.0 Å². The Bertz CT molecular complexity index is 772. The van der Waals surface area contributed by atoms with Gasteiger partial charge in [0.25, 0.3) is 0 Å². The SMILES string of the molecule is CC(C)S(=O)(=O)Cc1cc2c(C(=O)O)cccc2n1C. The monoisotopic (exact) mass is 295 g/mol. The lowest BCUT2D eigenvalue weighted by atomic mass is 10.1. The molecule has 1 aromatic carbocycles. The Kier molecular flexibility index (Phi) is 3.60. The third-order valence-corrected chi connectivity index (χ3v) is 5.62. The normalized spacial score (nSPS) is 12.2. The van der Waals surface area contributed by atoms with Crippen molar-refractivity contribution in [1.82, 2.24) is 4.57 Å². The number of aromatic carboxylic acids is 1. The van der Waals surface area contributed by atoms with E-state index >= 15 is 0 Å². The molecule has 2 rings (SSSR count). The van der Waals surface area contributed by atoms with Crippen LogP contribution in [-0.4, -0.2) is 29.3 Å². The number of aromatic nitrogens is 1. The zero-order valence-corrected chi connectivity index (χ0v) is 12.4. The largest absolute Gasteiger partial charge is 0.478 e. The molecule has 0 aliphatic heterocycles. The summed E-state index contributed by atoms with van der Waals surface area (Å²) in [5.41, 5.74) is 1.51. The maximum Gasteiger partial charge on any atom is 0.336 e. The number of carboxylic acid groups (broad SMARTS) is 1. The Labute approximate surface area is 117 Å². The lowest BCUT2D eigenvalue weighted by Crippen LogP contribution is -2.17. The van der Waals surface area contributed by atoms with E-state index in [1.165, 1.54) is 6.07 Å². The van der Waals surface area contributed by atoms with Crippen LogP contribution in [0.2, 0.25) is 0 Å². The Balaban J connectivity index is 2.60. The topological polar surface area (TPSA) is 76.4 Å². The maximum absolute atomic E-state index is 12.0. The molecule has 2 aromatic rings. The van der Waals surface area contributed by atoms with Crippen LogP contribution in [0, 0.1) is 0 Å². The molecule has 0 amide bonds. The van der Waals surface area contributed by atoms with Gasteiger partial charge in [0.05, 0.1) is 16.6 Å². The Morgan fingerprint density at radius 1 is 1.35 bits per heavy atom. The van der Waals surface area contributed by atoms with Crippen molar-refractivity contribution in [3.8, 4) is 0 Å². The van der Waals surface area contributed by atoms with Gasteiger partial charge in [0.2, 0.25) is 0 Å². The Morgan fingerprint density at radius 2 is 2.00 bits per heavy atom. The number of benzene rings is 1. The highest BCUT2D eigenvalue weighted by Gasteiger charge is 2.21. The Hall–Kier alpha value is -1.82. The number of carbonyl (C=O) groups is 1. The van der Waals surface area contributed by atoms with Crippen molar-refractivity contribution < 1.29 is 18.3 Å². The number of aryl methyl sites for hydroxylation is 1. The molecule has 6 heteroatoms. The summed E-state index contributed by atoms with van der Waals surface area (Å²) in [4.78, 5) is 11.2. The first-order valence-corrected chi connectivity index (χ1v) is 7.97. The van der Waals surface area contributed by atoms with Crippen molar-refractivity contribution in [3.05, 3.63) is 35.5 Å². The van der Waals surface area contributed by atoms with Gasteiger partial charge >= 0.3 is 5.97 Å². The van der Waals surface area contributed by atoms with E-state index in [1.807, 2.05) is 0 Å². The van der Waals surface area contributed by atoms with E-state index in [4.69, 9.17) is 0 Å². The molecule has 0 unspecified atom stereocenters. The number of sulfone groups is 1. The number of fused-ring (bicyclic) bond motifs is 1. The summed E-state index contributed by atoms with van der Waals surface area (Å²) >= 11 is 0. The smallest absolute Gasteiger partial charge is 0.336 e. The van der Waals surface area contributed by atoms with Crippen molar-refractivity contribution in [3.63, 3.8) is 0 Å². The van der Waals surface area contributed by atoms with Crippen molar-refractivity contribution in [1.29, 1.82) is 0 Å². The van der Waals surface area contributed by atoms with Crippen LogP contribution in [0.3, 0.4) is 0 Å².